The Bertz CT molecular complexity index is 416. The van der Waals surface area contributed by atoms with Gasteiger partial charge in [0.15, 0.2) is 0 Å². The molecule has 0 aliphatic carbocycles. The highest BCUT2D eigenvalue weighted by Crippen LogP contribution is 2.30. The normalized spacial score (nSPS) is 15.1. The Morgan fingerprint density at radius 3 is 2.50 bits per heavy atom. The van der Waals surface area contributed by atoms with Crippen LogP contribution in [0.3, 0.4) is 0 Å². The number of aliphatic hydroxyl groups is 1. The van der Waals surface area contributed by atoms with Crippen molar-refractivity contribution in [3.05, 3.63) is 35.4 Å². The van der Waals surface area contributed by atoms with Gasteiger partial charge in [-0.1, -0.05) is 25.1 Å². The third-order valence-electron chi connectivity index (χ3n) is 3.11. The quantitative estimate of drug-likeness (QED) is 0.754. The molecule has 0 heterocycles. The highest BCUT2D eigenvalue weighted by Gasteiger charge is 2.31. The van der Waals surface area contributed by atoms with E-state index in [4.69, 9.17) is 0 Å². The summed E-state index contributed by atoms with van der Waals surface area (Å²) in [5, 5.41) is 13.4. The predicted octanol–water partition coefficient (Wildman–Crippen LogP) is 3.39. The van der Waals surface area contributed by atoms with Crippen LogP contribution in [0.2, 0.25) is 0 Å². The van der Waals surface area contributed by atoms with E-state index in [0.717, 1.165) is 25.1 Å². The van der Waals surface area contributed by atoms with Gasteiger partial charge in [-0.2, -0.15) is 13.2 Å². The molecular weight excluding hydrogens is 267 g/mol. The Hall–Kier alpha value is -1.07. The smallest absolute Gasteiger partial charge is 0.390 e. The summed E-state index contributed by atoms with van der Waals surface area (Å²) in [6.07, 6.45) is -2.62. The van der Waals surface area contributed by atoms with Crippen LogP contribution in [0.5, 0.6) is 0 Å². The summed E-state index contributed by atoms with van der Waals surface area (Å²) in [5.74, 6) is 0. The second-order valence-electron chi connectivity index (χ2n) is 5.37. The Labute approximate surface area is 118 Å². The van der Waals surface area contributed by atoms with Gasteiger partial charge in [-0.15, -0.1) is 0 Å². The number of rotatable bonds is 7. The molecule has 2 N–H and O–H groups in total. The summed E-state index contributed by atoms with van der Waals surface area (Å²) < 4.78 is 37.8. The summed E-state index contributed by atoms with van der Waals surface area (Å²) in [4.78, 5) is 0. The molecule has 1 atom stereocenters. The van der Waals surface area contributed by atoms with Crippen LogP contribution in [0, 0.1) is 0 Å². The van der Waals surface area contributed by atoms with Crippen molar-refractivity contribution in [1.82, 2.24) is 5.32 Å². The predicted molar refractivity (Wildman–Crippen MR) is 73.5 cm³/mol. The van der Waals surface area contributed by atoms with Crippen molar-refractivity contribution in [3.8, 4) is 0 Å². The zero-order valence-corrected chi connectivity index (χ0v) is 11.9. The van der Waals surface area contributed by atoms with E-state index in [-0.39, 0.29) is 6.42 Å². The van der Waals surface area contributed by atoms with Gasteiger partial charge in [0.2, 0.25) is 0 Å². The molecule has 0 fully saturated rings. The molecule has 1 aromatic rings. The summed E-state index contributed by atoms with van der Waals surface area (Å²) in [7, 11) is 0. The maximum absolute atomic E-state index is 12.6. The van der Waals surface area contributed by atoms with Gasteiger partial charge in [0, 0.05) is 6.42 Å². The van der Waals surface area contributed by atoms with Gasteiger partial charge >= 0.3 is 6.18 Å². The van der Waals surface area contributed by atoms with Crippen LogP contribution in [-0.2, 0) is 12.6 Å². The molecule has 0 aliphatic heterocycles. The van der Waals surface area contributed by atoms with Crippen molar-refractivity contribution in [2.45, 2.75) is 44.9 Å². The molecule has 1 rings (SSSR count). The maximum Gasteiger partial charge on any atom is 0.416 e. The molecule has 114 valence electrons. The Balaban J connectivity index is 2.62. The van der Waals surface area contributed by atoms with Crippen LogP contribution < -0.4 is 5.32 Å². The molecular formula is C15H22F3NO. The SMILES string of the molecule is CCCNCCC(C)(O)Cc1cccc(C(F)(F)F)c1. The second kappa shape index (κ2) is 7.09. The average Bonchev–Trinajstić information content (AvgIpc) is 2.33. The second-order valence-corrected chi connectivity index (χ2v) is 5.37. The summed E-state index contributed by atoms with van der Waals surface area (Å²) in [6.45, 7) is 5.23. The van der Waals surface area contributed by atoms with E-state index in [1.54, 1.807) is 13.0 Å². The van der Waals surface area contributed by atoms with Crippen LogP contribution in [0.4, 0.5) is 13.2 Å². The number of benzene rings is 1. The van der Waals surface area contributed by atoms with Crippen molar-refractivity contribution in [3.63, 3.8) is 0 Å². The van der Waals surface area contributed by atoms with E-state index >= 15 is 0 Å². The first kappa shape index (κ1) is 17.0. The highest BCUT2D eigenvalue weighted by molar-refractivity contribution is 5.26. The van der Waals surface area contributed by atoms with Gasteiger partial charge in [-0.05, 0) is 44.5 Å². The van der Waals surface area contributed by atoms with Crippen LogP contribution >= 0.6 is 0 Å². The summed E-state index contributed by atoms with van der Waals surface area (Å²) in [5.41, 5.74) is -1.18. The third-order valence-corrected chi connectivity index (χ3v) is 3.11. The van der Waals surface area contributed by atoms with E-state index in [9.17, 15) is 18.3 Å². The Morgan fingerprint density at radius 2 is 1.90 bits per heavy atom. The fraction of sp³-hybridized carbons (Fsp3) is 0.600. The zero-order valence-electron chi connectivity index (χ0n) is 11.9. The number of hydrogen-bond donors (Lipinski definition) is 2. The van der Waals surface area contributed by atoms with Crippen molar-refractivity contribution in [2.75, 3.05) is 13.1 Å². The van der Waals surface area contributed by atoms with E-state index in [1.165, 1.54) is 6.07 Å². The highest BCUT2D eigenvalue weighted by atomic mass is 19.4. The van der Waals surface area contributed by atoms with Crippen molar-refractivity contribution < 1.29 is 18.3 Å². The topological polar surface area (TPSA) is 32.3 Å². The molecule has 2 nitrogen and oxygen atoms in total. The molecule has 0 amide bonds. The lowest BCUT2D eigenvalue weighted by molar-refractivity contribution is -0.137. The fourth-order valence-corrected chi connectivity index (χ4v) is 2.05. The van der Waals surface area contributed by atoms with Gasteiger partial charge in [-0.3, -0.25) is 0 Å². The Kier molecular flexibility index (Phi) is 6.02. The number of hydrogen-bond acceptors (Lipinski definition) is 2. The summed E-state index contributed by atoms with van der Waals surface area (Å²) >= 11 is 0. The van der Waals surface area contributed by atoms with E-state index in [1.807, 2.05) is 6.92 Å². The van der Waals surface area contributed by atoms with E-state index in [2.05, 4.69) is 5.32 Å². The van der Waals surface area contributed by atoms with Crippen LogP contribution in [0.15, 0.2) is 24.3 Å². The van der Waals surface area contributed by atoms with E-state index in [0.29, 0.717) is 18.5 Å². The maximum atomic E-state index is 12.6. The first-order valence-electron chi connectivity index (χ1n) is 6.84. The molecule has 1 unspecified atom stereocenters. The van der Waals surface area contributed by atoms with Crippen molar-refractivity contribution in [1.29, 1.82) is 0 Å². The standard InChI is InChI=1S/C15H22F3NO/c1-3-8-19-9-7-14(2,20)11-12-5-4-6-13(10-12)15(16,17)18/h4-6,10,19-20H,3,7-9,11H2,1-2H3. The minimum absolute atomic E-state index is 0.213. The molecule has 0 bridgehead atoms. The molecule has 1 aromatic carbocycles. The summed E-state index contributed by atoms with van der Waals surface area (Å²) in [6, 6.07) is 5.14. The Morgan fingerprint density at radius 1 is 1.20 bits per heavy atom. The van der Waals surface area contributed by atoms with Gasteiger partial charge < -0.3 is 10.4 Å². The first-order valence-corrected chi connectivity index (χ1v) is 6.84. The lowest BCUT2D eigenvalue weighted by Gasteiger charge is -2.24. The van der Waals surface area contributed by atoms with Gasteiger partial charge in [-0.25, -0.2) is 0 Å². The minimum Gasteiger partial charge on any atom is -0.390 e. The number of alkyl halides is 3. The van der Waals surface area contributed by atoms with Gasteiger partial charge in [0.1, 0.15) is 0 Å². The van der Waals surface area contributed by atoms with Crippen molar-refractivity contribution in [2.24, 2.45) is 0 Å². The fourth-order valence-electron chi connectivity index (χ4n) is 2.05. The molecule has 0 radical (unpaired) electrons. The van der Waals surface area contributed by atoms with Crippen LogP contribution in [-0.4, -0.2) is 23.8 Å². The molecule has 0 aromatic heterocycles. The van der Waals surface area contributed by atoms with Gasteiger partial charge in [0.25, 0.3) is 0 Å². The van der Waals surface area contributed by atoms with E-state index < -0.39 is 17.3 Å². The lowest BCUT2D eigenvalue weighted by atomic mass is 9.92. The first-order chi connectivity index (χ1) is 9.24. The average molecular weight is 289 g/mol. The van der Waals surface area contributed by atoms with Crippen LogP contribution in [0.1, 0.15) is 37.8 Å². The number of halogens is 3. The van der Waals surface area contributed by atoms with Crippen molar-refractivity contribution >= 4 is 0 Å². The monoisotopic (exact) mass is 289 g/mol. The van der Waals surface area contributed by atoms with Gasteiger partial charge in [0.05, 0.1) is 11.2 Å². The molecule has 0 spiro atoms. The molecule has 0 saturated carbocycles. The molecule has 5 heteroatoms. The molecule has 0 aliphatic rings. The largest absolute Gasteiger partial charge is 0.416 e. The zero-order chi connectivity index (χ0) is 15.2. The molecule has 0 saturated heterocycles. The third kappa shape index (κ3) is 5.92. The van der Waals surface area contributed by atoms with Crippen LogP contribution in [0.25, 0.3) is 0 Å². The number of nitrogens with one attached hydrogen (secondary N) is 1. The lowest BCUT2D eigenvalue weighted by Crippen LogP contribution is -2.32. The molecule has 20 heavy (non-hydrogen) atoms. The minimum atomic E-state index is -4.34.